The molecule has 0 aliphatic carbocycles. The number of H-pyrrole nitrogens is 1. The molecule has 1 fully saturated rings. The predicted octanol–water partition coefficient (Wildman–Crippen LogP) is 1.73. The monoisotopic (exact) mass is 244 g/mol. The number of carbonyl (C=O) groups excluding carboxylic acids is 1. The fourth-order valence-electron chi connectivity index (χ4n) is 2.39. The van der Waals surface area contributed by atoms with Gasteiger partial charge in [-0.3, -0.25) is 4.79 Å². The first-order valence-electron chi connectivity index (χ1n) is 6.25. The standard InChI is InChI=1S/C14H16N2O2/c17-14(7-10-9-18-6-5-15-10)12-8-16-13-4-2-1-3-11(12)13/h1-4,8,10,15-16H,5-7,9H2. The van der Waals surface area contributed by atoms with Crippen molar-refractivity contribution in [2.24, 2.45) is 0 Å². The second-order valence-corrected chi connectivity index (χ2v) is 4.60. The third-order valence-electron chi connectivity index (χ3n) is 3.32. The zero-order chi connectivity index (χ0) is 12.4. The van der Waals surface area contributed by atoms with Crippen LogP contribution in [0.1, 0.15) is 16.8 Å². The van der Waals surface area contributed by atoms with Crippen molar-refractivity contribution in [3.63, 3.8) is 0 Å². The lowest BCUT2D eigenvalue weighted by Crippen LogP contribution is -2.42. The van der Waals surface area contributed by atoms with Crippen molar-refractivity contribution in [1.29, 1.82) is 0 Å². The van der Waals surface area contributed by atoms with Crippen LogP contribution in [0.25, 0.3) is 10.9 Å². The first-order chi connectivity index (χ1) is 8.84. The fourth-order valence-corrected chi connectivity index (χ4v) is 2.39. The fraction of sp³-hybridized carbons (Fsp3) is 0.357. The number of hydrogen-bond donors (Lipinski definition) is 2. The van der Waals surface area contributed by atoms with E-state index in [9.17, 15) is 4.79 Å². The number of nitrogens with one attached hydrogen (secondary N) is 2. The molecule has 1 aliphatic rings. The summed E-state index contributed by atoms with van der Waals surface area (Å²) in [7, 11) is 0. The zero-order valence-electron chi connectivity index (χ0n) is 10.1. The van der Waals surface area contributed by atoms with E-state index < -0.39 is 0 Å². The van der Waals surface area contributed by atoms with E-state index in [-0.39, 0.29) is 11.8 Å². The highest BCUT2D eigenvalue weighted by atomic mass is 16.5. The topological polar surface area (TPSA) is 54.1 Å². The summed E-state index contributed by atoms with van der Waals surface area (Å²) in [6, 6.07) is 8.01. The molecule has 94 valence electrons. The van der Waals surface area contributed by atoms with E-state index >= 15 is 0 Å². The maximum atomic E-state index is 12.3. The average Bonchev–Trinajstić information content (AvgIpc) is 2.84. The SMILES string of the molecule is O=C(CC1COCCN1)c1c[nH]c2ccccc12. The summed E-state index contributed by atoms with van der Waals surface area (Å²) in [6.07, 6.45) is 2.29. The Morgan fingerprint density at radius 3 is 3.11 bits per heavy atom. The van der Waals surface area contributed by atoms with Crippen LogP contribution in [-0.4, -0.2) is 36.6 Å². The van der Waals surface area contributed by atoms with Crippen LogP contribution < -0.4 is 5.32 Å². The molecule has 1 saturated heterocycles. The van der Waals surface area contributed by atoms with Crippen LogP contribution in [0, 0.1) is 0 Å². The molecule has 2 N–H and O–H groups in total. The van der Waals surface area contributed by atoms with Crippen LogP contribution in [0.2, 0.25) is 0 Å². The molecule has 2 aromatic rings. The number of Topliss-reactive ketones (excluding diaryl/α,β-unsaturated/α-hetero) is 1. The minimum absolute atomic E-state index is 0.139. The number of ketones is 1. The lowest BCUT2D eigenvalue weighted by molar-refractivity contribution is 0.0676. The second kappa shape index (κ2) is 4.92. The van der Waals surface area contributed by atoms with E-state index in [1.54, 1.807) is 6.20 Å². The minimum atomic E-state index is 0.139. The Morgan fingerprint density at radius 2 is 2.28 bits per heavy atom. The third kappa shape index (κ3) is 2.17. The number of aromatic nitrogens is 1. The van der Waals surface area contributed by atoms with Gasteiger partial charge in [0.1, 0.15) is 0 Å². The van der Waals surface area contributed by atoms with Crippen LogP contribution in [0.3, 0.4) is 0 Å². The van der Waals surface area contributed by atoms with Crippen LogP contribution in [0.4, 0.5) is 0 Å². The Hall–Kier alpha value is -1.65. The van der Waals surface area contributed by atoms with Crippen molar-refractivity contribution < 1.29 is 9.53 Å². The first-order valence-corrected chi connectivity index (χ1v) is 6.25. The van der Waals surface area contributed by atoms with Gasteiger partial charge in [0.05, 0.1) is 13.2 Å². The third-order valence-corrected chi connectivity index (χ3v) is 3.32. The molecule has 1 unspecified atom stereocenters. The van der Waals surface area contributed by atoms with Crippen molar-refractivity contribution >= 4 is 16.7 Å². The van der Waals surface area contributed by atoms with Gasteiger partial charge in [-0.1, -0.05) is 18.2 Å². The van der Waals surface area contributed by atoms with Crippen molar-refractivity contribution in [2.45, 2.75) is 12.5 Å². The number of morpholine rings is 1. The summed E-state index contributed by atoms with van der Waals surface area (Å²) >= 11 is 0. The van der Waals surface area contributed by atoms with Gasteiger partial charge in [0.15, 0.2) is 5.78 Å². The molecular formula is C14H16N2O2. The molecule has 3 rings (SSSR count). The number of hydrogen-bond acceptors (Lipinski definition) is 3. The summed E-state index contributed by atoms with van der Waals surface area (Å²) in [4.78, 5) is 15.4. The van der Waals surface area contributed by atoms with Crippen molar-refractivity contribution in [3.05, 3.63) is 36.0 Å². The molecule has 1 atom stereocenters. The van der Waals surface area contributed by atoms with Crippen molar-refractivity contribution in [3.8, 4) is 0 Å². The van der Waals surface area contributed by atoms with Gasteiger partial charge in [0.2, 0.25) is 0 Å². The maximum Gasteiger partial charge on any atom is 0.166 e. The molecule has 4 heteroatoms. The summed E-state index contributed by atoms with van der Waals surface area (Å²) < 4.78 is 5.37. The smallest absolute Gasteiger partial charge is 0.166 e. The lowest BCUT2D eigenvalue weighted by atomic mass is 10.0. The minimum Gasteiger partial charge on any atom is -0.378 e. The van der Waals surface area contributed by atoms with Gasteiger partial charge in [0, 0.05) is 41.7 Å². The van der Waals surface area contributed by atoms with E-state index in [4.69, 9.17) is 4.74 Å². The number of ether oxygens (including phenoxy) is 1. The highest BCUT2D eigenvalue weighted by Crippen LogP contribution is 2.19. The molecule has 18 heavy (non-hydrogen) atoms. The first kappa shape index (κ1) is 11.4. The molecule has 0 saturated carbocycles. The Bertz CT molecular complexity index is 556. The molecule has 2 heterocycles. The summed E-state index contributed by atoms with van der Waals surface area (Å²) in [5.41, 5.74) is 1.78. The normalized spacial score (nSPS) is 20.1. The number of fused-ring (bicyclic) bond motifs is 1. The number of carbonyl (C=O) groups is 1. The van der Waals surface area contributed by atoms with E-state index in [0.717, 1.165) is 29.6 Å². The van der Waals surface area contributed by atoms with Crippen molar-refractivity contribution in [2.75, 3.05) is 19.8 Å². The molecular weight excluding hydrogens is 228 g/mol. The predicted molar refractivity (Wildman–Crippen MR) is 69.9 cm³/mol. The number of benzene rings is 1. The van der Waals surface area contributed by atoms with Gasteiger partial charge in [-0.05, 0) is 6.07 Å². The molecule has 0 bridgehead atoms. The molecule has 0 spiro atoms. The van der Waals surface area contributed by atoms with Crippen molar-refractivity contribution in [1.82, 2.24) is 10.3 Å². The molecule has 0 amide bonds. The Balaban J connectivity index is 1.79. The zero-order valence-corrected chi connectivity index (χ0v) is 10.1. The van der Waals surface area contributed by atoms with Crippen LogP contribution >= 0.6 is 0 Å². The molecule has 1 aromatic heterocycles. The molecule has 1 aliphatic heterocycles. The average molecular weight is 244 g/mol. The number of aromatic amines is 1. The molecule has 4 nitrogen and oxygen atoms in total. The Kier molecular flexibility index (Phi) is 3.13. The van der Waals surface area contributed by atoms with Gasteiger partial charge in [0.25, 0.3) is 0 Å². The van der Waals surface area contributed by atoms with E-state index in [2.05, 4.69) is 10.3 Å². The van der Waals surface area contributed by atoms with Crippen LogP contribution in [0.5, 0.6) is 0 Å². The number of para-hydroxylation sites is 1. The van der Waals surface area contributed by atoms with E-state index in [0.29, 0.717) is 13.0 Å². The van der Waals surface area contributed by atoms with Gasteiger partial charge >= 0.3 is 0 Å². The Labute approximate surface area is 105 Å². The van der Waals surface area contributed by atoms with Gasteiger partial charge < -0.3 is 15.0 Å². The lowest BCUT2D eigenvalue weighted by Gasteiger charge is -2.22. The second-order valence-electron chi connectivity index (χ2n) is 4.60. The largest absolute Gasteiger partial charge is 0.378 e. The summed E-state index contributed by atoms with van der Waals surface area (Å²) in [6.45, 7) is 2.18. The van der Waals surface area contributed by atoms with Gasteiger partial charge in [-0.2, -0.15) is 0 Å². The van der Waals surface area contributed by atoms with Gasteiger partial charge in [-0.25, -0.2) is 0 Å². The van der Waals surface area contributed by atoms with Crippen LogP contribution in [0.15, 0.2) is 30.5 Å². The molecule has 1 aromatic carbocycles. The quantitative estimate of drug-likeness (QED) is 0.808. The highest BCUT2D eigenvalue weighted by molar-refractivity contribution is 6.08. The molecule has 0 radical (unpaired) electrons. The van der Waals surface area contributed by atoms with Gasteiger partial charge in [-0.15, -0.1) is 0 Å². The van der Waals surface area contributed by atoms with E-state index in [1.807, 2.05) is 24.3 Å². The van der Waals surface area contributed by atoms with Crippen LogP contribution in [-0.2, 0) is 4.74 Å². The maximum absolute atomic E-state index is 12.3. The Morgan fingerprint density at radius 1 is 1.39 bits per heavy atom. The summed E-state index contributed by atoms with van der Waals surface area (Å²) in [5, 5.41) is 4.30. The number of rotatable bonds is 3. The highest BCUT2D eigenvalue weighted by Gasteiger charge is 2.19. The van der Waals surface area contributed by atoms with E-state index in [1.165, 1.54) is 0 Å². The summed E-state index contributed by atoms with van der Waals surface area (Å²) in [5.74, 6) is 0.162.